The van der Waals surface area contributed by atoms with E-state index in [2.05, 4.69) is 9.46 Å². The number of nitrogens with one attached hydrogen (secondary N) is 1. The van der Waals surface area contributed by atoms with Crippen molar-refractivity contribution in [2.75, 3.05) is 7.11 Å². The van der Waals surface area contributed by atoms with Crippen LogP contribution in [-0.2, 0) is 19.6 Å². The Morgan fingerprint density at radius 1 is 1.32 bits per heavy atom. The molecular weight excluding hydrogens is 329 g/mol. The summed E-state index contributed by atoms with van der Waals surface area (Å²) in [5.41, 5.74) is 0.477. The van der Waals surface area contributed by atoms with Gasteiger partial charge in [0.05, 0.1) is 24.5 Å². The molecule has 1 atom stereocenters. The minimum atomic E-state index is -3.77. The van der Waals surface area contributed by atoms with Crippen LogP contribution in [0.25, 0.3) is 0 Å². The number of sulfonamides is 1. The summed E-state index contributed by atoms with van der Waals surface area (Å²) >= 11 is 1.25. The van der Waals surface area contributed by atoms with Gasteiger partial charge in [0.2, 0.25) is 10.0 Å². The van der Waals surface area contributed by atoms with Crippen molar-refractivity contribution in [2.24, 2.45) is 0 Å². The highest BCUT2D eigenvalue weighted by molar-refractivity contribution is 7.89. The second-order valence-corrected chi connectivity index (χ2v) is 6.96. The highest BCUT2D eigenvalue weighted by atomic mass is 32.2. The lowest BCUT2D eigenvalue weighted by atomic mass is 10.1. The van der Waals surface area contributed by atoms with Crippen LogP contribution in [0.2, 0.25) is 0 Å². The predicted molar refractivity (Wildman–Crippen MR) is 80.4 cm³/mol. The van der Waals surface area contributed by atoms with Gasteiger partial charge >= 0.3 is 5.97 Å². The van der Waals surface area contributed by atoms with E-state index in [0.29, 0.717) is 5.56 Å². The predicted octanol–water partition coefficient (Wildman–Crippen LogP) is 2.47. The van der Waals surface area contributed by atoms with Gasteiger partial charge in [-0.1, -0.05) is 12.1 Å². The third-order valence-electron chi connectivity index (χ3n) is 2.97. The van der Waals surface area contributed by atoms with Crippen molar-refractivity contribution in [3.05, 3.63) is 52.5 Å². The Balaban J connectivity index is 2.28. The Bertz CT molecular complexity index is 727. The number of methoxy groups -OCH3 is 1. The summed E-state index contributed by atoms with van der Waals surface area (Å²) in [6.07, 6.45) is -0.189. The second-order valence-electron chi connectivity index (χ2n) is 4.46. The topological polar surface area (TPSA) is 72.5 Å². The number of ether oxygens (including phenoxy) is 1. The Morgan fingerprint density at radius 3 is 2.55 bits per heavy atom. The maximum Gasteiger partial charge on any atom is 0.307 e. The number of hydrogen-bond donors (Lipinski definition) is 1. The van der Waals surface area contributed by atoms with E-state index in [9.17, 15) is 17.6 Å². The third kappa shape index (κ3) is 4.12. The van der Waals surface area contributed by atoms with Crippen molar-refractivity contribution in [1.82, 2.24) is 4.72 Å². The molecule has 0 spiro atoms. The van der Waals surface area contributed by atoms with Gasteiger partial charge in [0.25, 0.3) is 0 Å². The summed E-state index contributed by atoms with van der Waals surface area (Å²) < 4.78 is 44.6. The number of carbonyl (C=O) groups excluding carboxylic acids is 1. The van der Waals surface area contributed by atoms with Crippen LogP contribution in [0.15, 0.2) is 46.0 Å². The summed E-state index contributed by atoms with van der Waals surface area (Å²) in [6.45, 7) is 0. The van der Waals surface area contributed by atoms with E-state index in [-0.39, 0.29) is 11.3 Å². The summed E-state index contributed by atoms with van der Waals surface area (Å²) in [5, 5.41) is 3.13. The average molecular weight is 343 g/mol. The highest BCUT2D eigenvalue weighted by Gasteiger charge is 2.24. The van der Waals surface area contributed by atoms with Crippen LogP contribution in [-0.4, -0.2) is 21.5 Å². The largest absolute Gasteiger partial charge is 0.469 e. The first-order valence-electron chi connectivity index (χ1n) is 6.29. The fraction of sp³-hybridized carbons (Fsp3) is 0.214. The number of carbonyl (C=O) groups is 1. The van der Waals surface area contributed by atoms with Gasteiger partial charge in [-0.25, -0.2) is 17.5 Å². The summed E-state index contributed by atoms with van der Waals surface area (Å²) in [4.78, 5) is 11.6. The molecule has 118 valence electrons. The molecule has 0 aliphatic heterocycles. The van der Waals surface area contributed by atoms with E-state index in [4.69, 9.17) is 0 Å². The molecule has 2 aromatic rings. The smallest absolute Gasteiger partial charge is 0.307 e. The number of thiophene rings is 1. The number of halogens is 1. The minimum Gasteiger partial charge on any atom is -0.469 e. The minimum absolute atomic E-state index is 0.120. The zero-order chi connectivity index (χ0) is 16.2. The van der Waals surface area contributed by atoms with Crippen molar-refractivity contribution in [1.29, 1.82) is 0 Å². The van der Waals surface area contributed by atoms with E-state index in [1.54, 1.807) is 5.38 Å². The molecule has 1 aromatic heterocycles. The lowest BCUT2D eigenvalue weighted by Crippen LogP contribution is -2.30. The van der Waals surface area contributed by atoms with Crippen LogP contribution in [0.3, 0.4) is 0 Å². The second kappa shape index (κ2) is 6.99. The first kappa shape index (κ1) is 16.6. The zero-order valence-corrected chi connectivity index (χ0v) is 13.3. The molecule has 0 saturated heterocycles. The molecule has 1 N–H and O–H groups in total. The van der Waals surface area contributed by atoms with Crippen LogP contribution in [0, 0.1) is 5.82 Å². The molecule has 0 amide bonds. The van der Waals surface area contributed by atoms with Crippen molar-refractivity contribution in [2.45, 2.75) is 17.4 Å². The molecule has 8 heteroatoms. The number of benzene rings is 1. The summed E-state index contributed by atoms with van der Waals surface area (Å²) in [7, 11) is -2.55. The van der Waals surface area contributed by atoms with Crippen LogP contribution >= 0.6 is 11.3 Å². The molecule has 1 heterocycles. The first-order valence-corrected chi connectivity index (χ1v) is 8.72. The van der Waals surface area contributed by atoms with E-state index in [1.165, 1.54) is 54.2 Å². The Labute approximate surface area is 131 Å². The van der Waals surface area contributed by atoms with Crippen LogP contribution in [0.4, 0.5) is 4.39 Å². The van der Waals surface area contributed by atoms with E-state index in [1.807, 2.05) is 0 Å². The first-order chi connectivity index (χ1) is 10.4. The van der Waals surface area contributed by atoms with Gasteiger partial charge in [0.1, 0.15) is 5.82 Å². The molecule has 0 radical (unpaired) electrons. The Hall–Kier alpha value is -1.77. The molecule has 0 bridgehead atoms. The monoisotopic (exact) mass is 343 g/mol. The molecule has 2 rings (SSSR count). The Kier molecular flexibility index (Phi) is 5.28. The zero-order valence-electron chi connectivity index (χ0n) is 11.7. The fourth-order valence-electron chi connectivity index (χ4n) is 1.83. The number of esters is 1. The van der Waals surface area contributed by atoms with Gasteiger partial charge in [-0.15, -0.1) is 0 Å². The standard InChI is InChI=1S/C14H14FNO4S2/c1-20-14(17)8-13(10-2-4-11(15)5-3-10)16-22(18,19)12-6-7-21-9-12/h2-7,9,13,16H,8H2,1H3/t13-/m1/s1. The van der Waals surface area contributed by atoms with Crippen LogP contribution < -0.4 is 4.72 Å². The lowest BCUT2D eigenvalue weighted by molar-refractivity contribution is -0.141. The van der Waals surface area contributed by atoms with Gasteiger partial charge < -0.3 is 4.74 Å². The molecule has 0 fully saturated rings. The SMILES string of the molecule is COC(=O)C[C@@H](NS(=O)(=O)c1ccsc1)c1ccc(F)cc1. The highest BCUT2D eigenvalue weighted by Crippen LogP contribution is 2.22. The van der Waals surface area contributed by atoms with E-state index in [0.717, 1.165) is 0 Å². The van der Waals surface area contributed by atoms with Crippen molar-refractivity contribution in [3.63, 3.8) is 0 Å². The molecule has 22 heavy (non-hydrogen) atoms. The molecule has 0 saturated carbocycles. The molecule has 0 unspecified atom stereocenters. The van der Waals surface area contributed by atoms with Gasteiger partial charge in [0, 0.05) is 5.38 Å². The fourth-order valence-corrected chi connectivity index (χ4v) is 4.09. The maximum absolute atomic E-state index is 13.0. The summed E-state index contributed by atoms with van der Waals surface area (Å²) in [5.74, 6) is -1.01. The third-order valence-corrected chi connectivity index (χ3v) is 5.28. The Morgan fingerprint density at radius 2 is 2.00 bits per heavy atom. The maximum atomic E-state index is 13.0. The van der Waals surface area contributed by atoms with E-state index < -0.39 is 27.9 Å². The summed E-state index contributed by atoms with van der Waals surface area (Å²) in [6, 6.07) is 5.90. The van der Waals surface area contributed by atoms with Gasteiger partial charge in [-0.2, -0.15) is 11.3 Å². The molecule has 1 aromatic carbocycles. The quantitative estimate of drug-likeness (QED) is 0.818. The van der Waals surface area contributed by atoms with E-state index >= 15 is 0 Å². The van der Waals surface area contributed by atoms with Crippen LogP contribution in [0.1, 0.15) is 18.0 Å². The molecule has 5 nitrogen and oxygen atoms in total. The van der Waals surface area contributed by atoms with Gasteiger partial charge in [0.15, 0.2) is 0 Å². The molecule has 0 aliphatic rings. The van der Waals surface area contributed by atoms with Gasteiger partial charge in [-0.05, 0) is 29.1 Å². The van der Waals surface area contributed by atoms with Crippen molar-refractivity contribution < 1.29 is 22.3 Å². The average Bonchev–Trinajstić information content (AvgIpc) is 3.02. The van der Waals surface area contributed by atoms with Crippen molar-refractivity contribution >= 4 is 27.3 Å². The molecule has 0 aliphatic carbocycles. The normalized spacial score (nSPS) is 12.8. The lowest BCUT2D eigenvalue weighted by Gasteiger charge is -2.18. The van der Waals surface area contributed by atoms with Crippen molar-refractivity contribution in [3.8, 4) is 0 Å². The van der Waals surface area contributed by atoms with Gasteiger partial charge in [-0.3, -0.25) is 4.79 Å². The molecular formula is C14H14FNO4S2. The number of hydrogen-bond acceptors (Lipinski definition) is 5. The van der Waals surface area contributed by atoms with Crippen LogP contribution in [0.5, 0.6) is 0 Å². The number of rotatable bonds is 6.